The Morgan fingerprint density at radius 3 is 2.07 bits per heavy atom. The van der Waals surface area contributed by atoms with E-state index in [0.29, 0.717) is 27.7 Å². The average Bonchev–Trinajstić information content (AvgIpc) is 2.64. The molecule has 0 bridgehead atoms. The lowest BCUT2D eigenvalue weighted by atomic mass is 9.62. The van der Waals surface area contributed by atoms with Gasteiger partial charge in [0.2, 0.25) is 0 Å². The molecule has 1 aliphatic carbocycles. The van der Waals surface area contributed by atoms with Crippen molar-refractivity contribution < 1.29 is 9.59 Å². The zero-order valence-corrected chi connectivity index (χ0v) is 19.1. The van der Waals surface area contributed by atoms with E-state index >= 15 is 0 Å². The summed E-state index contributed by atoms with van der Waals surface area (Å²) in [7, 11) is 0. The predicted octanol–water partition coefficient (Wildman–Crippen LogP) is 5.74. The van der Waals surface area contributed by atoms with Crippen molar-refractivity contribution in [1.29, 1.82) is 0 Å². The van der Waals surface area contributed by atoms with Crippen molar-refractivity contribution in [3.8, 4) is 0 Å². The van der Waals surface area contributed by atoms with Crippen LogP contribution in [-0.4, -0.2) is 24.4 Å². The van der Waals surface area contributed by atoms with Crippen LogP contribution >= 0.6 is 23.2 Å². The van der Waals surface area contributed by atoms with Gasteiger partial charge in [-0.15, -0.1) is 0 Å². The molecule has 0 aromatic heterocycles. The van der Waals surface area contributed by atoms with Crippen molar-refractivity contribution >= 4 is 35.0 Å². The molecule has 0 spiro atoms. The van der Waals surface area contributed by atoms with Gasteiger partial charge in [-0.1, -0.05) is 56.1 Å². The van der Waals surface area contributed by atoms with Gasteiger partial charge in [-0.25, -0.2) is 0 Å². The van der Waals surface area contributed by atoms with Crippen molar-refractivity contribution in [3.63, 3.8) is 0 Å². The molecular weight excluding hydrogens is 419 g/mol. The van der Waals surface area contributed by atoms with Crippen LogP contribution in [0.5, 0.6) is 0 Å². The molecule has 0 radical (unpaired) electrons. The Bertz CT molecular complexity index is 944. The Morgan fingerprint density at radius 2 is 1.50 bits per heavy atom. The largest absolute Gasteiger partial charge is 0.351 e. The molecule has 0 saturated heterocycles. The predicted molar refractivity (Wildman–Crippen MR) is 122 cm³/mol. The second-order valence-electron chi connectivity index (χ2n) is 9.43. The number of carbonyl (C=O) groups excluding carboxylic acids is 2. The first-order valence-corrected chi connectivity index (χ1v) is 10.9. The maximum absolute atomic E-state index is 12.7. The topological polar surface area (TPSA) is 58.2 Å². The molecule has 6 heteroatoms. The van der Waals surface area contributed by atoms with E-state index in [4.69, 9.17) is 23.2 Å². The number of halogens is 2. The fraction of sp³-hybridized carbons (Fsp3) is 0.417. The van der Waals surface area contributed by atoms with E-state index in [1.165, 1.54) is 0 Å². The highest BCUT2D eigenvalue weighted by atomic mass is 35.5. The summed E-state index contributed by atoms with van der Waals surface area (Å²) in [6.45, 7) is 7.12. The lowest BCUT2D eigenvalue weighted by molar-refractivity contribution is 0.0592. The molecule has 2 aromatic rings. The van der Waals surface area contributed by atoms with Crippen molar-refractivity contribution in [3.05, 3.63) is 69.7 Å². The standard InChI is InChI=1S/C24H28Cl2N2O2/c1-23(2)12-20(28-22(30)17-7-5-9-19(26)11-17)13-24(3,14-23)15-27-21(29)16-6-4-8-18(25)10-16/h4-11,20H,12-15H2,1-3H3,(H,27,29)(H,28,30)/t20-,24+/m1/s1. The number of benzene rings is 2. The zero-order chi connectivity index (χ0) is 21.9. The summed E-state index contributed by atoms with van der Waals surface area (Å²) >= 11 is 12.0. The molecule has 2 aromatic carbocycles. The average molecular weight is 447 g/mol. The summed E-state index contributed by atoms with van der Waals surface area (Å²) in [4.78, 5) is 25.3. The molecule has 30 heavy (non-hydrogen) atoms. The molecule has 2 N–H and O–H groups in total. The summed E-state index contributed by atoms with van der Waals surface area (Å²) in [6.07, 6.45) is 2.63. The Hall–Kier alpha value is -2.04. The molecule has 1 saturated carbocycles. The summed E-state index contributed by atoms with van der Waals surface area (Å²) in [5.74, 6) is -0.257. The molecule has 0 aliphatic heterocycles. The molecule has 160 valence electrons. The molecule has 1 fully saturated rings. The minimum atomic E-state index is -0.137. The highest BCUT2D eigenvalue weighted by Gasteiger charge is 2.42. The van der Waals surface area contributed by atoms with Crippen LogP contribution in [0.4, 0.5) is 0 Å². The van der Waals surface area contributed by atoms with Gasteiger partial charge >= 0.3 is 0 Å². The Morgan fingerprint density at radius 1 is 0.933 bits per heavy atom. The van der Waals surface area contributed by atoms with Gasteiger partial charge in [0.25, 0.3) is 11.8 Å². The van der Waals surface area contributed by atoms with Crippen molar-refractivity contribution in [2.45, 2.75) is 46.1 Å². The number of hydrogen-bond acceptors (Lipinski definition) is 2. The fourth-order valence-corrected chi connectivity index (χ4v) is 5.17. The van der Waals surface area contributed by atoms with Gasteiger partial charge in [0.1, 0.15) is 0 Å². The number of nitrogens with one attached hydrogen (secondary N) is 2. The monoisotopic (exact) mass is 446 g/mol. The van der Waals surface area contributed by atoms with Gasteiger partial charge in [0, 0.05) is 33.8 Å². The smallest absolute Gasteiger partial charge is 0.251 e. The lowest BCUT2D eigenvalue weighted by Crippen LogP contribution is -2.50. The maximum Gasteiger partial charge on any atom is 0.251 e. The molecule has 2 atom stereocenters. The number of carbonyl (C=O) groups is 2. The van der Waals surface area contributed by atoms with E-state index in [1.807, 2.05) is 0 Å². The molecular formula is C24H28Cl2N2O2. The Labute approximate surface area is 188 Å². The van der Waals surface area contributed by atoms with Gasteiger partial charge in [-0.2, -0.15) is 0 Å². The second kappa shape index (κ2) is 8.99. The second-order valence-corrected chi connectivity index (χ2v) is 10.3. The molecule has 1 aliphatic rings. The van der Waals surface area contributed by atoms with Crippen molar-refractivity contribution in [2.24, 2.45) is 10.8 Å². The van der Waals surface area contributed by atoms with E-state index in [-0.39, 0.29) is 28.7 Å². The van der Waals surface area contributed by atoms with Crippen molar-refractivity contribution in [1.82, 2.24) is 10.6 Å². The number of amides is 2. The van der Waals surface area contributed by atoms with Crippen LogP contribution < -0.4 is 10.6 Å². The summed E-state index contributed by atoms with van der Waals surface area (Å²) in [5, 5.41) is 7.31. The summed E-state index contributed by atoms with van der Waals surface area (Å²) in [6, 6.07) is 13.9. The third-order valence-corrected chi connectivity index (χ3v) is 6.10. The van der Waals surface area contributed by atoms with Gasteiger partial charge in [0.05, 0.1) is 0 Å². The minimum absolute atomic E-state index is 0.0216. The van der Waals surface area contributed by atoms with E-state index in [0.717, 1.165) is 19.3 Å². The van der Waals surface area contributed by atoms with Crippen LogP contribution in [0.15, 0.2) is 48.5 Å². The number of rotatable bonds is 5. The SMILES string of the molecule is CC1(C)C[C@@H](NC(=O)c2cccc(Cl)c2)C[C@](C)(CNC(=O)c2cccc(Cl)c2)C1. The van der Waals surface area contributed by atoms with Crippen LogP contribution in [-0.2, 0) is 0 Å². The van der Waals surface area contributed by atoms with E-state index < -0.39 is 0 Å². The normalized spacial score (nSPS) is 22.9. The van der Waals surface area contributed by atoms with E-state index in [9.17, 15) is 9.59 Å². The first kappa shape index (κ1) is 22.6. The summed E-state index contributed by atoms with van der Waals surface area (Å²) in [5.41, 5.74) is 1.01. The Kier molecular flexibility index (Phi) is 6.78. The van der Waals surface area contributed by atoms with Gasteiger partial charge in [-0.3, -0.25) is 9.59 Å². The van der Waals surface area contributed by atoms with Gasteiger partial charge in [-0.05, 0) is 66.5 Å². The third-order valence-electron chi connectivity index (χ3n) is 5.63. The molecule has 4 nitrogen and oxygen atoms in total. The maximum atomic E-state index is 12.7. The molecule has 2 amide bonds. The lowest BCUT2D eigenvalue weighted by Gasteiger charge is -2.47. The van der Waals surface area contributed by atoms with Crippen LogP contribution in [0.2, 0.25) is 10.0 Å². The van der Waals surface area contributed by atoms with Crippen LogP contribution in [0.3, 0.4) is 0 Å². The fourth-order valence-electron chi connectivity index (χ4n) is 4.79. The highest BCUT2D eigenvalue weighted by Crippen LogP contribution is 2.45. The van der Waals surface area contributed by atoms with Crippen molar-refractivity contribution in [2.75, 3.05) is 6.54 Å². The molecule has 3 rings (SSSR count). The summed E-state index contributed by atoms with van der Waals surface area (Å²) < 4.78 is 0. The number of hydrogen-bond donors (Lipinski definition) is 2. The van der Waals surface area contributed by atoms with E-state index in [1.54, 1.807) is 48.5 Å². The quantitative estimate of drug-likeness (QED) is 0.614. The molecule has 0 unspecified atom stereocenters. The molecule has 0 heterocycles. The van der Waals surface area contributed by atoms with Crippen LogP contribution in [0.25, 0.3) is 0 Å². The highest BCUT2D eigenvalue weighted by molar-refractivity contribution is 6.31. The van der Waals surface area contributed by atoms with E-state index in [2.05, 4.69) is 31.4 Å². The zero-order valence-electron chi connectivity index (χ0n) is 17.6. The van der Waals surface area contributed by atoms with Crippen LogP contribution in [0.1, 0.15) is 60.7 Å². The third kappa shape index (κ3) is 5.99. The minimum Gasteiger partial charge on any atom is -0.351 e. The first-order chi connectivity index (χ1) is 14.1. The first-order valence-electron chi connectivity index (χ1n) is 10.2. The van der Waals surface area contributed by atoms with Gasteiger partial charge < -0.3 is 10.6 Å². The van der Waals surface area contributed by atoms with Crippen LogP contribution in [0, 0.1) is 10.8 Å². The Balaban J connectivity index is 1.67. The van der Waals surface area contributed by atoms with Gasteiger partial charge in [0.15, 0.2) is 0 Å².